The van der Waals surface area contributed by atoms with Crippen molar-refractivity contribution in [2.24, 2.45) is 0 Å². The van der Waals surface area contributed by atoms with Crippen LogP contribution in [0, 0.1) is 0 Å². The maximum atomic E-state index is 12.3. The molecule has 8 heteroatoms. The Morgan fingerprint density at radius 3 is 2.88 bits per heavy atom. The number of aromatic nitrogens is 2. The summed E-state index contributed by atoms with van der Waals surface area (Å²) in [5, 5.41) is 26.8. The largest absolute Gasteiger partial charge is 0.393 e. The molecule has 2 aromatic rings. The molecule has 1 aliphatic rings. The summed E-state index contributed by atoms with van der Waals surface area (Å²) in [4.78, 5) is 13.8. The van der Waals surface area contributed by atoms with Gasteiger partial charge in [-0.3, -0.25) is 5.32 Å². The van der Waals surface area contributed by atoms with Gasteiger partial charge < -0.3 is 15.1 Å². The normalized spacial score (nSPS) is 20.4. The zero-order chi connectivity index (χ0) is 17.2. The van der Waals surface area contributed by atoms with Crippen molar-refractivity contribution in [3.8, 4) is 0 Å². The van der Waals surface area contributed by atoms with Gasteiger partial charge in [0.15, 0.2) is 0 Å². The Labute approximate surface area is 144 Å². The minimum atomic E-state index is -1.21. The average Bonchev–Trinajstić information content (AvgIpc) is 3.17. The van der Waals surface area contributed by atoms with E-state index in [0.717, 1.165) is 5.56 Å². The fourth-order valence-electron chi connectivity index (χ4n) is 2.70. The molecule has 24 heavy (non-hydrogen) atoms. The number of aliphatic hydroxyl groups is 2. The van der Waals surface area contributed by atoms with Crippen LogP contribution in [0.2, 0.25) is 5.02 Å². The maximum Gasteiger partial charge on any atom is 0.323 e. The van der Waals surface area contributed by atoms with Gasteiger partial charge in [0.1, 0.15) is 11.4 Å². The van der Waals surface area contributed by atoms with Crippen molar-refractivity contribution in [1.29, 1.82) is 0 Å². The molecule has 0 spiro atoms. The van der Waals surface area contributed by atoms with E-state index in [-0.39, 0.29) is 19.2 Å². The molecule has 0 saturated carbocycles. The first-order valence-corrected chi connectivity index (χ1v) is 8.03. The number of likely N-dealkylation sites (tertiary alicyclic amines) is 1. The first-order chi connectivity index (χ1) is 11.5. The lowest BCUT2D eigenvalue weighted by Gasteiger charge is -2.21. The Morgan fingerprint density at radius 1 is 1.38 bits per heavy atom. The Balaban J connectivity index is 1.68. The molecule has 1 aromatic carbocycles. The molecule has 0 aliphatic carbocycles. The lowest BCUT2D eigenvalue weighted by Crippen LogP contribution is -2.40. The molecule has 1 aromatic heterocycles. The Morgan fingerprint density at radius 2 is 2.17 bits per heavy atom. The molecule has 0 unspecified atom stereocenters. The van der Waals surface area contributed by atoms with Gasteiger partial charge in [0.2, 0.25) is 0 Å². The van der Waals surface area contributed by atoms with Crippen LogP contribution in [-0.4, -0.2) is 56.2 Å². The SMILES string of the molecule is O=C(Nc1ccnn1Cc1ccccc1Cl)N1CC[C@](O)(CO)C1. The molecule has 7 nitrogen and oxygen atoms in total. The van der Waals surface area contributed by atoms with Crippen LogP contribution in [0.15, 0.2) is 36.5 Å². The van der Waals surface area contributed by atoms with Crippen LogP contribution in [0.4, 0.5) is 10.6 Å². The summed E-state index contributed by atoms with van der Waals surface area (Å²) < 4.78 is 1.65. The highest BCUT2D eigenvalue weighted by Crippen LogP contribution is 2.22. The molecule has 0 bridgehead atoms. The number of halogens is 1. The first-order valence-electron chi connectivity index (χ1n) is 7.65. The molecule has 1 fully saturated rings. The van der Waals surface area contributed by atoms with Crippen LogP contribution in [0.1, 0.15) is 12.0 Å². The quantitative estimate of drug-likeness (QED) is 0.780. The van der Waals surface area contributed by atoms with E-state index in [1.807, 2.05) is 18.2 Å². The predicted molar refractivity (Wildman–Crippen MR) is 90.0 cm³/mol. The summed E-state index contributed by atoms with van der Waals surface area (Å²) in [6.45, 7) is 0.569. The highest BCUT2D eigenvalue weighted by molar-refractivity contribution is 6.31. The van der Waals surface area contributed by atoms with Crippen LogP contribution in [-0.2, 0) is 6.54 Å². The van der Waals surface area contributed by atoms with E-state index in [1.165, 1.54) is 4.90 Å². The molecule has 3 rings (SSSR count). The lowest BCUT2D eigenvalue weighted by molar-refractivity contribution is -0.00246. The summed E-state index contributed by atoms with van der Waals surface area (Å²) in [6.07, 6.45) is 1.95. The second-order valence-electron chi connectivity index (χ2n) is 5.95. The van der Waals surface area contributed by atoms with E-state index in [0.29, 0.717) is 30.4 Å². The van der Waals surface area contributed by atoms with Gasteiger partial charge in [-0.2, -0.15) is 5.10 Å². The molecular weight excluding hydrogens is 332 g/mol. The number of amides is 2. The van der Waals surface area contributed by atoms with Crippen molar-refractivity contribution >= 4 is 23.4 Å². The molecule has 1 aliphatic heterocycles. The van der Waals surface area contributed by atoms with E-state index in [9.17, 15) is 15.0 Å². The Bertz CT molecular complexity index is 736. The van der Waals surface area contributed by atoms with Crippen molar-refractivity contribution in [1.82, 2.24) is 14.7 Å². The van der Waals surface area contributed by atoms with Crippen LogP contribution in [0.5, 0.6) is 0 Å². The van der Waals surface area contributed by atoms with Crippen molar-refractivity contribution in [2.45, 2.75) is 18.6 Å². The number of carbonyl (C=O) groups excluding carboxylic acids is 1. The van der Waals surface area contributed by atoms with Crippen LogP contribution < -0.4 is 5.32 Å². The molecule has 128 valence electrons. The number of aliphatic hydroxyl groups excluding tert-OH is 1. The van der Waals surface area contributed by atoms with Crippen LogP contribution >= 0.6 is 11.6 Å². The highest BCUT2D eigenvalue weighted by Gasteiger charge is 2.37. The van der Waals surface area contributed by atoms with Gasteiger partial charge >= 0.3 is 6.03 Å². The standard InChI is InChI=1S/C16H19ClN4O3/c17-13-4-2-1-3-12(13)9-21-14(5-7-18-21)19-15(23)20-8-6-16(24,10-20)11-22/h1-5,7,22,24H,6,8-11H2,(H,19,23)/t16-/m1/s1. The summed E-state index contributed by atoms with van der Waals surface area (Å²) >= 11 is 6.16. The van der Waals surface area contributed by atoms with Crippen LogP contribution in [0.3, 0.4) is 0 Å². The van der Waals surface area contributed by atoms with Crippen molar-refractivity contribution in [3.05, 3.63) is 47.1 Å². The Hall–Kier alpha value is -2.09. The van der Waals surface area contributed by atoms with E-state index < -0.39 is 5.60 Å². The smallest absolute Gasteiger partial charge is 0.323 e. The van der Waals surface area contributed by atoms with Gasteiger partial charge in [0, 0.05) is 17.6 Å². The third-order valence-electron chi connectivity index (χ3n) is 4.14. The third-order valence-corrected chi connectivity index (χ3v) is 4.51. The number of hydrogen-bond acceptors (Lipinski definition) is 4. The minimum Gasteiger partial charge on any atom is -0.393 e. The van der Waals surface area contributed by atoms with E-state index >= 15 is 0 Å². The third kappa shape index (κ3) is 3.53. The zero-order valence-electron chi connectivity index (χ0n) is 13.0. The predicted octanol–water partition coefficient (Wildman–Crippen LogP) is 1.55. The fourth-order valence-corrected chi connectivity index (χ4v) is 2.90. The topological polar surface area (TPSA) is 90.6 Å². The molecular formula is C16H19ClN4O3. The summed E-state index contributed by atoms with van der Waals surface area (Å²) in [6, 6.07) is 8.82. The highest BCUT2D eigenvalue weighted by atomic mass is 35.5. The Kier molecular flexibility index (Phi) is 4.75. The van der Waals surface area contributed by atoms with Gasteiger partial charge in [0.05, 0.1) is 25.9 Å². The van der Waals surface area contributed by atoms with Gasteiger partial charge in [-0.25, -0.2) is 9.48 Å². The second-order valence-corrected chi connectivity index (χ2v) is 6.36. The van der Waals surface area contributed by atoms with Crippen molar-refractivity contribution in [2.75, 3.05) is 25.0 Å². The van der Waals surface area contributed by atoms with Gasteiger partial charge in [-0.1, -0.05) is 29.8 Å². The number of benzene rings is 1. The molecule has 2 amide bonds. The van der Waals surface area contributed by atoms with E-state index in [1.54, 1.807) is 23.0 Å². The number of anilines is 1. The number of rotatable bonds is 4. The van der Waals surface area contributed by atoms with Gasteiger partial charge in [-0.05, 0) is 18.1 Å². The molecule has 0 radical (unpaired) electrons. The maximum absolute atomic E-state index is 12.3. The number of urea groups is 1. The molecule has 1 saturated heterocycles. The summed E-state index contributed by atoms with van der Waals surface area (Å²) in [7, 11) is 0. The summed E-state index contributed by atoms with van der Waals surface area (Å²) in [5.41, 5.74) is -0.316. The lowest BCUT2D eigenvalue weighted by atomic mass is 10.1. The molecule has 1 atom stereocenters. The van der Waals surface area contributed by atoms with E-state index in [2.05, 4.69) is 10.4 Å². The van der Waals surface area contributed by atoms with Crippen molar-refractivity contribution in [3.63, 3.8) is 0 Å². The van der Waals surface area contributed by atoms with Gasteiger partial charge in [0.25, 0.3) is 0 Å². The average molecular weight is 351 g/mol. The minimum absolute atomic E-state index is 0.105. The first kappa shape index (κ1) is 16.8. The van der Waals surface area contributed by atoms with Gasteiger partial charge in [-0.15, -0.1) is 0 Å². The second kappa shape index (κ2) is 6.80. The zero-order valence-corrected chi connectivity index (χ0v) is 13.8. The number of hydrogen-bond donors (Lipinski definition) is 3. The van der Waals surface area contributed by atoms with E-state index in [4.69, 9.17) is 11.6 Å². The number of nitrogens with zero attached hydrogens (tertiary/aromatic N) is 3. The summed E-state index contributed by atoms with van der Waals surface area (Å²) in [5.74, 6) is 0.541. The number of β-amino-alcohol motifs (C(OH)–C–C–N with tert-alkyl or cyclic N) is 1. The number of nitrogens with one attached hydrogen (secondary N) is 1. The molecule has 2 heterocycles. The van der Waals surface area contributed by atoms with Crippen LogP contribution in [0.25, 0.3) is 0 Å². The monoisotopic (exact) mass is 350 g/mol. The molecule has 3 N–H and O–H groups in total. The number of carbonyl (C=O) groups is 1. The van der Waals surface area contributed by atoms with Crippen molar-refractivity contribution < 1.29 is 15.0 Å². The fraction of sp³-hybridized carbons (Fsp3) is 0.375.